The summed E-state index contributed by atoms with van der Waals surface area (Å²) in [6, 6.07) is 7.58. The van der Waals surface area contributed by atoms with E-state index in [1.54, 1.807) is 6.20 Å². The van der Waals surface area contributed by atoms with Crippen molar-refractivity contribution in [2.45, 2.75) is 47.2 Å². The molecular formula is C28H36FN7. The van der Waals surface area contributed by atoms with Crippen LogP contribution >= 0.6 is 0 Å². The van der Waals surface area contributed by atoms with Crippen LogP contribution in [0.25, 0.3) is 11.0 Å². The highest BCUT2D eigenvalue weighted by molar-refractivity contribution is 6.14. The maximum absolute atomic E-state index is 15.2. The zero-order valence-electron chi connectivity index (χ0n) is 22.0. The summed E-state index contributed by atoms with van der Waals surface area (Å²) in [5, 5.41) is 0. The standard InChI is InChI=1S/C28H36FN7/c1-7-34-10-12-35(13-11-34)18-22-8-9-26(31-17-22)33-27(20(4)16-30-6)23-14-24(29)28-25(15-23)36(19(2)3)21(5)32-28/h8-9,14-17,19H,6-7,10-13,18H2,1-5H3/b20-16-,33-27+. The number of aryl methyl sites for hydroxylation is 1. The molecule has 2 aromatic heterocycles. The van der Waals surface area contributed by atoms with Crippen LogP contribution in [-0.4, -0.2) is 69.5 Å². The van der Waals surface area contributed by atoms with Gasteiger partial charge in [-0.05, 0) is 70.3 Å². The fourth-order valence-corrected chi connectivity index (χ4v) is 4.85. The van der Waals surface area contributed by atoms with Gasteiger partial charge < -0.3 is 9.47 Å². The normalized spacial score (nSPS) is 16.3. The van der Waals surface area contributed by atoms with Crippen molar-refractivity contribution in [3.05, 3.63) is 65.0 Å². The minimum absolute atomic E-state index is 0.149. The number of hydrogen-bond acceptors (Lipinski definition) is 6. The highest BCUT2D eigenvalue weighted by atomic mass is 19.1. The van der Waals surface area contributed by atoms with Gasteiger partial charge in [-0.25, -0.2) is 19.4 Å². The number of allylic oxidation sites excluding steroid dienone is 1. The second kappa shape index (κ2) is 11.2. The zero-order chi connectivity index (χ0) is 25.8. The van der Waals surface area contributed by atoms with Crippen molar-refractivity contribution in [2.24, 2.45) is 9.98 Å². The number of pyridine rings is 1. The van der Waals surface area contributed by atoms with Gasteiger partial charge >= 0.3 is 0 Å². The summed E-state index contributed by atoms with van der Waals surface area (Å²) in [4.78, 5) is 22.7. The summed E-state index contributed by atoms with van der Waals surface area (Å²) in [6.07, 6.45) is 3.52. The quantitative estimate of drug-likeness (QED) is 0.402. The number of rotatable bonds is 8. The molecule has 4 rings (SSSR count). The largest absolute Gasteiger partial charge is 0.326 e. The van der Waals surface area contributed by atoms with E-state index in [9.17, 15) is 0 Å². The predicted octanol–water partition coefficient (Wildman–Crippen LogP) is 5.32. The molecule has 0 unspecified atom stereocenters. The molecule has 1 fully saturated rings. The van der Waals surface area contributed by atoms with Gasteiger partial charge in [0.2, 0.25) is 0 Å². The minimum atomic E-state index is -0.372. The number of imidazole rings is 1. The van der Waals surface area contributed by atoms with E-state index in [1.165, 1.54) is 6.07 Å². The smallest absolute Gasteiger partial charge is 0.152 e. The first-order valence-electron chi connectivity index (χ1n) is 12.6. The molecule has 190 valence electrons. The van der Waals surface area contributed by atoms with Crippen LogP contribution in [0.15, 0.2) is 52.2 Å². The third kappa shape index (κ3) is 5.60. The number of aromatic nitrogens is 3. The molecule has 0 spiro atoms. The van der Waals surface area contributed by atoms with Crippen molar-refractivity contribution in [3.63, 3.8) is 0 Å². The Hall–Kier alpha value is -3.23. The zero-order valence-corrected chi connectivity index (χ0v) is 22.0. The minimum Gasteiger partial charge on any atom is -0.326 e. The van der Waals surface area contributed by atoms with Gasteiger partial charge in [0.1, 0.15) is 11.3 Å². The summed E-state index contributed by atoms with van der Waals surface area (Å²) in [6.45, 7) is 20.0. The van der Waals surface area contributed by atoms with Gasteiger partial charge in [0.15, 0.2) is 11.6 Å². The maximum atomic E-state index is 15.2. The number of halogens is 1. The molecule has 36 heavy (non-hydrogen) atoms. The molecule has 3 heterocycles. The fraction of sp³-hybridized carbons (Fsp3) is 0.429. The summed E-state index contributed by atoms with van der Waals surface area (Å²) in [5.41, 5.74) is 4.30. The highest BCUT2D eigenvalue weighted by Crippen LogP contribution is 2.27. The van der Waals surface area contributed by atoms with Gasteiger partial charge in [-0.3, -0.25) is 9.89 Å². The molecule has 0 amide bonds. The monoisotopic (exact) mass is 489 g/mol. The van der Waals surface area contributed by atoms with E-state index in [0.29, 0.717) is 22.6 Å². The molecule has 0 aliphatic carbocycles. The Morgan fingerprint density at radius 3 is 2.50 bits per heavy atom. The second-order valence-electron chi connectivity index (χ2n) is 9.64. The summed E-state index contributed by atoms with van der Waals surface area (Å²) in [7, 11) is 0. The summed E-state index contributed by atoms with van der Waals surface area (Å²) >= 11 is 0. The van der Waals surface area contributed by atoms with Crippen LogP contribution in [0.3, 0.4) is 0 Å². The SMILES string of the molecule is C=N/C=C(C)\C(=N/c1ccc(CN2CCN(CC)CC2)cn1)c1cc(F)c2nc(C)n(C(C)C)c2c1. The van der Waals surface area contributed by atoms with E-state index in [1.807, 2.05) is 36.7 Å². The van der Waals surface area contributed by atoms with Crippen LogP contribution in [0.1, 0.15) is 50.7 Å². The van der Waals surface area contributed by atoms with E-state index >= 15 is 4.39 Å². The van der Waals surface area contributed by atoms with Crippen molar-refractivity contribution in [3.8, 4) is 0 Å². The molecule has 1 saturated heterocycles. The van der Waals surface area contributed by atoms with Crippen molar-refractivity contribution in [1.29, 1.82) is 0 Å². The first-order chi connectivity index (χ1) is 17.3. The van der Waals surface area contributed by atoms with Gasteiger partial charge in [-0.15, -0.1) is 0 Å². The van der Waals surface area contributed by atoms with Crippen molar-refractivity contribution < 1.29 is 4.39 Å². The first kappa shape index (κ1) is 25.9. The number of hydrogen-bond donors (Lipinski definition) is 0. The van der Waals surface area contributed by atoms with Gasteiger partial charge in [0, 0.05) is 56.7 Å². The van der Waals surface area contributed by atoms with E-state index in [-0.39, 0.29) is 11.9 Å². The lowest BCUT2D eigenvalue weighted by Crippen LogP contribution is -2.45. The van der Waals surface area contributed by atoms with Crippen molar-refractivity contribution >= 4 is 29.3 Å². The third-order valence-corrected chi connectivity index (χ3v) is 6.73. The lowest BCUT2D eigenvalue weighted by atomic mass is 10.0. The number of fused-ring (bicyclic) bond motifs is 1. The molecule has 7 nitrogen and oxygen atoms in total. The topological polar surface area (TPSA) is 61.9 Å². The third-order valence-electron chi connectivity index (χ3n) is 6.73. The number of likely N-dealkylation sites (N-methyl/N-ethyl adjacent to an activating group) is 1. The van der Waals surface area contributed by atoms with Crippen molar-refractivity contribution in [2.75, 3.05) is 32.7 Å². The van der Waals surface area contributed by atoms with Crippen LogP contribution < -0.4 is 0 Å². The Morgan fingerprint density at radius 2 is 1.89 bits per heavy atom. The van der Waals surface area contributed by atoms with Crippen molar-refractivity contribution in [1.82, 2.24) is 24.3 Å². The van der Waals surface area contributed by atoms with Gasteiger partial charge in [-0.2, -0.15) is 0 Å². The van der Waals surface area contributed by atoms with E-state index < -0.39 is 0 Å². The van der Waals surface area contributed by atoms with Crippen LogP contribution in [0, 0.1) is 12.7 Å². The Balaban J connectivity index is 1.66. The van der Waals surface area contributed by atoms with E-state index in [4.69, 9.17) is 4.99 Å². The Morgan fingerprint density at radius 1 is 1.17 bits per heavy atom. The molecule has 1 aliphatic heterocycles. The maximum Gasteiger partial charge on any atom is 0.152 e. The molecule has 0 bridgehead atoms. The molecule has 8 heteroatoms. The molecule has 0 atom stereocenters. The molecule has 1 aliphatic rings. The Kier molecular flexibility index (Phi) is 8.06. The molecule has 0 N–H and O–H groups in total. The number of nitrogens with zero attached hydrogens (tertiary/aromatic N) is 7. The van der Waals surface area contributed by atoms with Gasteiger partial charge in [0.25, 0.3) is 0 Å². The summed E-state index contributed by atoms with van der Waals surface area (Å²) < 4.78 is 17.2. The fourth-order valence-electron chi connectivity index (χ4n) is 4.85. The lowest BCUT2D eigenvalue weighted by molar-refractivity contribution is 0.132. The number of piperazine rings is 1. The number of benzene rings is 1. The average molecular weight is 490 g/mol. The van der Waals surface area contributed by atoms with Crippen LogP contribution in [0.2, 0.25) is 0 Å². The molecule has 0 saturated carbocycles. The van der Waals surface area contributed by atoms with Crippen LogP contribution in [-0.2, 0) is 6.54 Å². The molecule has 0 radical (unpaired) electrons. The van der Waals surface area contributed by atoms with E-state index in [2.05, 4.69) is 58.3 Å². The average Bonchev–Trinajstić information content (AvgIpc) is 3.20. The predicted molar refractivity (Wildman–Crippen MR) is 146 cm³/mol. The van der Waals surface area contributed by atoms with Crippen LogP contribution in [0.4, 0.5) is 10.2 Å². The molecule has 3 aromatic rings. The second-order valence-corrected chi connectivity index (χ2v) is 9.64. The highest BCUT2D eigenvalue weighted by Gasteiger charge is 2.18. The number of aliphatic imine (C=N–C) groups is 2. The Labute approximate surface area is 213 Å². The Bertz CT molecular complexity index is 1280. The molecular weight excluding hydrogens is 453 g/mol. The molecule has 1 aromatic carbocycles. The van der Waals surface area contributed by atoms with E-state index in [0.717, 1.165) is 61.7 Å². The lowest BCUT2D eigenvalue weighted by Gasteiger charge is -2.33. The van der Waals surface area contributed by atoms with Gasteiger partial charge in [0.05, 0.1) is 11.2 Å². The summed E-state index contributed by atoms with van der Waals surface area (Å²) in [5.74, 6) is 0.974. The first-order valence-corrected chi connectivity index (χ1v) is 12.6. The van der Waals surface area contributed by atoms with Crippen LogP contribution in [0.5, 0.6) is 0 Å². The van der Waals surface area contributed by atoms with Gasteiger partial charge in [-0.1, -0.05) is 13.0 Å².